The molecule has 9 heteroatoms. The minimum Gasteiger partial charge on any atom is -0.395 e. The van der Waals surface area contributed by atoms with Gasteiger partial charge in [0, 0.05) is 38.9 Å². The summed E-state index contributed by atoms with van der Waals surface area (Å²) in [6, 6.07) is 3.55. The van der Waals surface area contributed by atoms with Crippen LogP contribution < -0.4 is 15.5 Å². The lowest BCUT2D eigenvalue weighted by molar-refractivity contribution is -0.113. The number of hydrogen-bond acceptors (Lipinski definition) is 6. The van der Waals surface area contributed by atoms with Crippen molar-refractivity contribution in [2.24, 2.45) is 5.92 Å². The first kappa shape index (κ1) is 21.6. The number of amides is 2. The van der Waals surface area contributed by atoms with E-state index in [0.29, 0.717) is 47.5 Å². The molecule has 32 heavy (non-hydrogen) atoms. The van der Waals surface area contributed by atoms with E-state index in [9.17, 15) is 9.59 Å². The normalized spacial score (nSPS) is 23.9. The lowest BCUT2D eigenvalue weighted by atomic mass is 9.86. The second-order valence-electron chi connectivity index (χ2n) is 9.07. The van der Waals surface area contributed by atoms with Crippen LogP contribution in [0.1, 0.15) is 42.5 Å². The maximum Gasteiger partial charge on any atom is 0.273 e. The van der Waals surface area contributed by atoms with E-state index in [1.54, 1.807) is 17.2 Å². The smallest absolute Gasteiger partial charge is 0.273 e. The Morgan fingerprint density at radius 3 is 2.59 bits per heavy atom. The van der Waals surface area contributed by atoms with Crippen LogP contribution >= 0.6 is 11.6 Å². The fourth-order valence-corrected chi connectivity index (χ4v) is 5.65. The zero-order chi connectivity index (χ0) is 22.2. The lowest BCUT2D eigenvalue weighted by Crippen LogP contribution is -2.49. The number of carbonyl (C=O) groups is 2. The van der Waals surface area contributed by atoms with Gasteiger partial charge in [0.05, 0.1) is 28.6 Å². The summed E-state index contributed by atoms with van der Waals surface area (Å²) in [6.45, 7) is 3.37. The molecule has 0 spiro atoms. The first-order chi connectivity index (χ1) is 15.6. The van der Waals surface area contributed by atoms with Gasteiger partial charge < -0.3 is 25.5 Å². The molecule has 1 aromatic carbocycles. The molecule has 3 aliphatic heterocycles. The van der Waals surface area contributed by atoms with Crippen LogP contribution in [0.2, 0.25) is 5.02 Å². The van der Waals surface area contributed by atoms with E-state index in [4.69, 9.17) is 16.7 Å². The van der Waals surface area contributed by atoms with E-state index in [1.165, 1.54) is 19.3 Å². The summed E-state index contributed by atoms with van der Waals surface area (Å²) >= 11 is 6.64. The summed E-state index contributed by atoms with van der Waals surface area (Å²) in [4.78, 5) is 32.0. The third-order valence-electron chi connectivity index (χ3n) is 7.16. The maximum absolute atomic E-state index is 13.2. The Kier molecular flexibility index (Phi) is 6.01. The van der Waals surface area contributed by atoms with Gasteiger partial charge >= 0.3 is 0 Å². The van der Waals surface area contributed by atoms with E-state index in [-0.39, 0.29) is 24.6 Å². The van der Waals surface area contributed by atoms with Crippen LogP contribution in [0.15, 0.2) is 24.0 Å². The summed E-state index contributed by atoms with van der Waals surface area (Å²) in [6.07, 6.45) is 7.81. The molecule has 4 aliphatic rings. The van der Waals surface area contributed by atoms with Crippen LogP contribution in [-0.2, 0) is 4.79 Å². The number of piperazine rings is 1. The number of nitrogens with zero attached hydrogens (tertiary/aromatic N) is 3. The van der Waals surface area contributed by atoms with Crippen molar-refractivity contribution in [2.75, 3.05) is 49.5 Å². The molecule has 3 heterocycles. The summed E-state index contributed by atoms with van der Waals surface area (Å²) in [7, 11) is 0. The number of benzene rings is 1. The molecule has 1 saturated carbocycles. The zero-order valence-corrected chi connectivity index (χ0v) is 18.9. The largest absolute Gasteiger partial charge is 0.395 e. The van der Waals surface area contributed by atoms with Crippen LogP contribution in [-0.4, -0.2) is 72.2 Å². The van der Waals surface area contributed by atoms with Crippen LogP contribution in [0, 0.1) is 5.92 Å². The number of anilines is 2. The lowest BCUT2D eigenvalue weighted by Gasteiger charge is -2.39. The molecule has 8 nitrogen and oxygen atoms in total. The Bertz CT molecular complexity index is 938. The number of aliphatic hydroxyl groups excluding tert-OH is 1. The van der Waals surface area contributed by atoms with Gasteiger partial charge in [-0.05, 0) is 30.9 Å². The molecule has 0 radical (unpaired) electrons. The number of β-amino-alcohol motifs (C(OH)–C–C–N with tert-alkyl or cyclic N) is 1. The molecular weight excluding hydrogens is 430 g/mol. The van der Waals surface area contributed by atoms with Crippen LogP contribution in [0.5, 0.6) is 0 Å². The quantitative estimate of drug-likeness (QED) is 0.639. The van der Waals surface area contributed by atoms with Gasteiger partial charge in [0.25, 0.3) is 11.8 Å². The van der Waals surface area contributed by atoms with Crippen LogP contribution in [0.3, 0.4) is 0 Å². The average Bonchev–Trinajstić information content (AvgIpc) is 3.26. The Hall–Kier alpha value is -2.29. The minimum absolute atomic E-state index is 0.0346. The minimum atomic E-state index is -0.165. The first-order valence-electron chi connectivity index (χ1n) is 11.6. The van der Waals surface area contributed by atoms with Crippen molar-refractivity contribution in [1.82, 2.24) is 15.1 Å². The van der Waals surface area contributed by atoms with Gasteiger partial charge in [0.2, 0.25) is 0 Å². The van der Waals surface area contributed by atoms with E-state index in [2.05, 4.69) is 20.4 Å². The molecule has 1 unspecified atom stereocenters. The molecule has 5 rings (SSSR count). The summed E-state index contributed by atoms with van der Waals surface area (Å²) in [5, 5.41) is 15.9. The summed E-state index contributed by atoms with van der Waals surface area (Å²) in [5.41, 5.74) is 2.48. The average molecular weight is 460 g/mol. The number of halogens is 1. The molecule has 1 atom stereocenters. The molecule has 172 valence electrons. The predicted molar refractivity (Wildman–Crippen MR) is 124 cm³/mol. The third-order valence-corrected chi connectivity index (χ3v) is 7.47. The number of aliphatic hydroxyl groups is 1. The van der Waals surface area contributed by atoms with Gasteiger partial charge in [0.1, 0.15) is 11.9 Å². The highest BCUT2D eigenvalue weighted by atomic mass is 35.5. The van der Waals surface area contributed by atoms with Crippen molar-refractivity contribution in [2.45, 2.75) is 38.3 Å². The molecule has 1 aliphatic carbocycles. The SMILES string of the molecule is O=C1Nc2cc(C(=O)N3CCN(CCO)CC3)c(Cl)cc2N2C1=CNC2C1CCCCC1. The van der Waals surface area contributed by atoms with E-state index < -0.39 is 0 Å². The standard InChI is InChI=1S/C23H30ClN5O3/c24-17-13-19-18(12-16(17)23(32)28-8-6-27(7-9-28)10-11-30)26-22(31)20-14-25-21(29(19)20)15-4-2-1-3-5-15/h12-15,21,25,30H,1-11H2,(H,26,31). The van der Waals surface area contributed by atoms with Gasteiger partial charge in [0.15, 0.2) is 0 Å². The van der Waals surface area contributed by atoms with E-state index in [1.807, 2.05) is 6.07 Å². The predicted octanol–water partition coefficient (Wildman–Crippen LogP) is 2.20. The second-order valence-corrected chi connectivity index (χ2v) is 9.48. The van der Waals surface area contributed by atoms with Crippen molar-refractivity contribution >= 4 is 34.8 Å². The number of carbonyl (C=O) groups excluding carboxylic acids is 2. The van der Waals surface area contributed by atoms with Crippen molar-refractivity contribution < 1.29 is 14.7 Å². The Balaban J connectivity index is 1.40. The van der Waals surface area contributed by atoms with Crippen LogP contribution in [0.4, 0.5) is 11.4 Å². The van der Waals surface area contributed by atoms with Crippen LogP contribution in [0.25, 0.3) is 0 Å². The molecule has 2 fully saturated rings. The topological polar surface area (TPSA) is 88.2 Å². The van der Waals surface area contributed by atoms with Gasteiger partial charge in [-0.1, -0.05) is 30.9 Å². The van der Waals surface area contributed by atoms with Gasteiger partial charge in [-0.2, -0.15) is 0 Å². The van der Waals surface area contributed by atoms with Gasteiger partial charge in [-0.25, -0.2) is 0 Å². The monoisotopic (exact) mass is 459 g/mol. The highest BCUT2D eigenvalue weighted by molar-refractivity contribution is 6.34. The fourth-order valence-electron chi connectivity index (χ4n) is 5.41. The molecule has 1 saturated heterocycles. The highest BCUT2D eigenvalue weighted by Gasteiger charge is 2.41. The van der Waals surface area contributed by atoms with Gasteiger partial charge in [-0.3, -0.25) is 14.5 Å². The maximum atomic E-state index is 13.2. The highest BCUT2D eigenvalue weighted by Crippen LogP contribution is 2.43. The molecule has 0 aromatic heterocycles. The van der Waals surface area contributed by atoms with Crippen molar-refractivity contribution in [3.8, 4) is 0 Å². The number of rotatable bonds is 4. The Morgan fingerprint density at radius 1 is 1.12 bits per heavy atom. The van der Waals surface area contributed by atoms with Crippen molar-refractivity contribution in [3.05, 3.63) is 34.6 Å². The zero-order valence-electron chi connectivity index (χ0n) is 18.1. The number of fused-ring (bicyclic) bond motifs is 3. The van der Waals surface area contributed by atoms with E-state index >= 15 is 0 Å². The molecule has 1 aromatic rings. The first-order valence-corrected chi connectivity index (χ1v) is 12.0. The molecule has 0 bridgehead atoms. The fraction of sp³-hybridized carbons (Fsp3) is 0.565. The molecule has 3 N–H and O–H groups in total. The Morgan fingerprint density at radius 2 is 1.88 bits per heavy atom. The molecule has 2 amide bonds. The Labute approximate surface area is 193 Å². The number of hydrogen-bond donors (Lipinski definition) is 3. The second kappa shape index (κ2) is 8.92. The van der Waals surface area contributed by atoms with E-state index in [0.717, 1.165) is 31.6 Å². The summed E-state index contributed by atoms with van der Waals surface area (Å²) < 4.78 is 0. The van der Waals surface area contributed by atoms with Crippen molar-refractivity contribution in [3.63, 3.8) is 0 Å². The van der Waals surface area contributed by atoms with Gasteiger partial charge in [-0.15, -0.1) is 0 Å². The number of nitrogens with one attached hydrogen (secondary N) is 2. The summed E-state index contributed by atoms with van der Waals surface area (Å²) in [5.74, 6) is 0.175. The van der Waals surface area contributed by atoms with Crippen molar-refractivity contribution in [1.29, 1.82) is 0 Å². The molecular formula is C23H30ClN5O3. The third kappa shape index (κ3) is 3.84.